The van der Waals surface area contributed by atoms with Crippen LogP contribution in [0.4, 0.5) is 0 Å². The summed E-state index contributed by atoms with van der Waals surface area (Å²) in [6.07, 6.45) is 6.25. The summed E-state index contributed by atoms with van der Waals surface area (Å²) in [7, 11) is 0. The van der Waals surface area contributed by atoms with Gasteiger partial charge in [-0.1, -0.05) is 6.92 Å². The molecular formula is C15H27N3O. The molecule has 1 aliphatic rings. The zero-order valence-electron chi connectivity index (χ0n) is 12.5. The summed E-state index contributed by atoms with van der Waals surface area (Å²) in [6, 6.07) is 1.98. The average molecular weight is 265 g/mol. The second kappa shape index (κ2) is 6.53. The van der Waals surface area contributed by atoms with Crippen LogP contribution in [0.2, 0.25) is 0 Å². The van der Waals surface area contributed by atoms with Crippen LogP contribution in [0, 0.1) is 5.92 Å². The smallest absolute Gasteiger partial charge is 0.0629 e. The van der Waals surface area contributed by atoms with Gasteiger partial charge in [0.05, 0.1) is 12.1 Å². The van der Waals surface area contributed by atoms with Crippen LogP contribution in [0.25, 0.3) is 0 Å². The van der Waals surface area contributed by atoms with Crippen LogP contribution in [0.3, 0.4) is 0 Å². The van der Waals surface area contributed by atoms with E-state index in [2.05, 4.69) is 30.8 Å². The van der Waals surface area contributed by atoms with Crippen LogP contribution >= 0.6 is 0 Å². The number of ether oxygens (including phenoxy) is 1. The van der Waals surface area contributed by atoms with Crippen LogP contribution in [0.1, 0.15) is 33.6 Å². The first-order chi connectivity index (χ1) is 9.09. The molecule has 1 aliphatic heterocycles. The first-order valence-electron chi connectivity index (χ1n) is 7.43. The van der Waals surface area contributed by atoms with E-state index in [9.17, 15) is 0 Å². The van der Waals surface area contributed by atoms with Crippen molar-refractivity contribution in [1.29, 1.82) is 0 Å². The van der Waals surface area contributed by atoms with Crippen molar-refractivity contribution in [3.63, 3.8) is 0 Å². The number of rotatable bonds is 6. The second-order valence-electron chi connectivity index (χ2n) is 6.13. The molecule has 4 heteroatoms. The highest BCUT2D eigenvalue weighted by atomic mass is 16.5. The van der Waals surface area contributed by atoms with Gasteiger partial charge in [0.25, 0.3) is 0 Å². The minimum Gasteiger partial charge on any atom is -0.376 e. The highest BCUT2D eigenvalue weighted by molar-refractivity contribution is 4.81. The number of likely N-dealkylation sites (N-methyl/N-ethyl adjacent to an activating group) is 1. The van der Waals surface area contributed by atoms with E-state index in [1.165, 1.54) is 19.4 Å². The Bertz CT molecular complexity index is 361. The lowest BCUT2D eigenvalue weighted by molar-refractivity contribution is -0.0767. The number of hydrogen-bond donors (Lipinski definition) is 0. The maximum atomic E-state index is 5.80. The van der Waals surface area contributed by atoms with E-state index in [0.717, 1.165) is 32.2 Å². The lowest BCUT2D eigenvalue weighted by atomic mass is 9.88. The summed E-state index contributed by atoms with van der Waals surface area (Å²) < 4.78 is 7.81. The maximum absolute atomic E-state index is 5.80. The first-order valence-corrected chi connectivity index (χ1v) is 7.43. The van der Waals surface area contributed by atoms with Crippen LogP contribution in [-0.4, -0.2) is 46.5 Å². The molecule has 0 aromatic carbocycles. The third-order valence-electron chi connectivity index (χ3n) is 3.97. The molecule has 1 saturated heterocycles. The monoisotopic (exact) mass is 265 g/mol. The van der Waals surface area contributed by atoms with Crippen molar-refractivity contribution in [1.82, 2.24) is 14.7 Å². The third-order valence-corrected chi connectivity index (χ3v) is 3.97. The molecule has 2 heterocycles. The average Bonchev–Trinajstić information content (AvgIpc) is 2.86. The predicted molar refractivity (Wildman–Crippen MR) is 77.1 cm³/mol. The Morgan fingerprint density at radius 2 is 2.32 bits per heavy atom. The fraction of sp³-hybridized carbons (Fsp3) is 0.800. The Labute approximate surface area is 116 Å². The van der Waals surface area contributed by atoms with Gasteiger partial charge in [-0.2, -0.15) is 5.10 Å². The van der Waals surface area contributed by atoms with Crippen LogP contribution in [0.5, 0.6) is 0 Å². The van der Waals surface area contributed by atoms with E-state index >= 15 is 0 Å². The minimum atomic E-state index is 0.0598. The van der Waals surface area contributed by atoms with Gasteiger partial charge in [-0.25, -0.2) is 0 Å². The van der Waals surface area contributed by atoms with Crippen molar-refractivity contribution in [2.75, 3.05) is 26.2 Å². The van der Waals surface area contributed by atoms with Gasteiger partial charge in [0, 0.05) is 32.1 Å². The van der Waals surface area contributed by atoms with Crippen LogP contribution < -0.4 is 0 Å². The molecule has 108 valence electrons. The van der Waals surface area contributed by atoms with Gasteiger partial charge in [0.1, 0.15) is 0 Å². The minimum absolute atomic E-state index is 0.0598. The Morgan fingerprint density at radius 1 is 1.47 bits per heavy atom. The van der Waals surface area contributed by atoms with E-state index in [-0.39, 0.29) is 5.60 Å². The fourth-order valence-electron chi connectivity index (χ4n) is 2.93. The summed E-state index contributed by atoms with van der Waals surface area (Å²) in [5.41, 5.74) is 0.0598. The molecule has 2 rings (SSSR count). The molecular weight excluding hydrogens is 238 g/mol. The van der Waals surface area contributed by atoms with Crippen LogP contribution in [-0.2, 0) is 11.3 Å². The van der Waals surface area contributed by atoms with E-state index in [1.54, 1.807) is 0 Å². The van der Waals surface area contributed by atoms with Crippen molar-refractivity contribution in [2.45, 2.75) is 45.8 Å². The number of nitrogens with zero attached hydrogens (tertiary/aromatic N) is 3. The second-order valence-corrected chi connectivity index (χ2v) is 6.13. The molecule has 0 aliphatic carbocycles. The van der Waals surface area contributed by atoms with E-state index < -0.39 is 0 Å². The van der Waals surface area contributed by atoms with Gasteiger partial charge >= 0.3 is 0 Å². The standard InChI is InChI=1S/C15H27N3O/c1-4-17(9-10-18-8-5-7-16-18)13-14-6-11-19-15(2,3)12-14/h5,7-8,14H,4,6,9-13H2,1-3H3/t14-/m1/s1. The molecule has 0 spiro atoms. The molecule has 19 heavy (non-hydrogen) atoms. The molecule has 0 N–H and O–H groups in total. The van der Waals surface area contributed by atoms with Crippen molar-refractivity contribution >= 4 is 0 Å². The van der Waals surface area contributed by atoms with E-state index in [1.807, 2.05) is 23.1 Å². The topological polar surface area (TPSA) is 30.3 Å². The fourth-order valence-corrected chi connectivity index (χ4v) is 2.93. The molecule has 0 unspecified atom stereocenters. The van der Waals surface area contributed by atoms with Gasteiger partial charge in [-0.05, 0) is 45.2 Å². The molecule has 1 atom stereocenters. The van der Waals surface area contributed by atoms with Gasteiger partial charge < -0.3 is 9.64 Å². The predicted octanol–water partition coefficient (Wildman–Crippen LogP) is 2.41. The largest absolute Gasteiger partial charge is 0.376 e. The molecule has 0 radical (unpaired) electrons. The van der Waals surface area contributed by atoms with Gasteiger partial charge in [0.15, 0.2) is 0 Å². The van der Waals surface area contributed by atoms with Crippen molar-refractivity contribution < 1.29 is 4.74 Å². The number of aromatic nitrogens is 2. The van der Waals surface area contributed by atoms with E-state index in [4.69, 9.17) is 4.74 Å². The Kier molecular flexibility index (Phi) is 4.99. The zero-order valence-corrected chi connectivity index (χ0v) is 12.5. The maximum Gasteiger partial charge on any atom is 0.0629 e. The number of hydrogen-bond acceptors (Lipinski definition) is 3. The van der Waals surface area contributed by atoms with Crippen molar-refractivity contribution in [2.24, 2.45) is 5.92 Å². The summed E-state index contributed by atoms with van der Waals surface area (Å²) in [5, 5.41) is 4.26. The van der Waals surface area contributed by atoms with Gasteiger partial charge in [0.2, 0.25) is 0 Å². The third kappa shape index (κ3) is 4.62. The first kappa shape index (κ1) is 14.5. The molecule has 0 bridgehead atoms. The van der Waals surface area contributed by atoms with Gasteiger partial charge in [-0.15, -0.1) is 0 Å². The Balaban J connectivity index is 1.78. The summed E-state index contributed by atoms with van der Waals surface area (Å²) in [5.74, 6) is 0.765. The zero-order chi connectivity index (χ0) is 13.7. The van der Waals surface area contributed by atoms with Crippen molar-refractivity contribution in [3.8, 4) is 0 Å². The van der Waals surface area contributed by atoms with Gasteiger partial charge in [-0.3, -0.25) is 4.68 Å². The summed E-state index contributed by atoms with van der Waals surface area (Å²) in [4.78, 5) is 2.54. The molecule has 1 aromatic rings. The lowest BCUT2D eigenvalue weighted by Gasteiger charge is -2.37. The highest BCUT2D eigenvalue weighted by Gasteiger charge is 2.29. The van der Waals surface area contributed by atoms with Crippen molar-refractivity contribution in [3.05, 3.63) is 18.5 Å². The summed E-state index contributed by atoms with van der Waals surface area (Å²) in [6.45, 7) is 11.9. The normalized spacial score (nSPS) is 22.8. The Morgan fingerprint density at radius 3 is 2.95 bits per heavy atom. The highest BCUT2D eigenvalue weighted by Crippen LogP contribution is 2.28. The molecule has 1 fully saturated rings. The molecule has 0 amide bonds. The molecule has 0 saturated carbocycles. The molecule has 1 aromatic heterocycles. The van der Waals surface area contributed by atoms with E-state index in [0.29, 0.717) is 0 Å². The quantitative estimate of drug-likeness (QED) is 0.791. The molecule has 4 nitrogen and oxygen atoms in total. The summed E-state index contributed by atoms with van der Waals surface area (Å²) >= 11 is 0. The Hall–Kier alpha value is -0.870. The SMILES string of the molecule is CCN(CCn1cccn1)C[C@@H]1CCOC(C)(C)C1. The lowest BCUT2D eigenvalue weighted by Crippen LogP contribution is -2.40. The van der Waals surface area contributed by atoms with Crippen LogP contribution in [0.15, 0.2) is 18.5 Å².